The largest absolute Gasteiger partial charge is 0.493 e. The number of hydrogen-bond acceptors (Lipinski definition) is 4. The van der Waals surface area contributed by atoms with Crippen LogP contribution in [-0.2, 0) is 10.0 Å². The first kappa shape index (κ1) is 20.5. The predicted molar refractivity (Wildman–Crippen MR) is 105 cm³/mol. The molecule has 0 fully saturated rings. The highest BCUT2D eigenvalue weighted by Crippen LogP contribution is 2.31. The maximum atomic E-state index is 12.3. The molecule has 0 aliphatic carbocycles. The predicted octanol–water partition coefficient (Wildman–Crippen LogP) is 1.74. The van der Waals surface area contributed by atoms with Crippen molar-refractivity contribution in [3.05, 3.63) is 29.8 Å². The Morgan fingerprint density at radius 3 is 2.69 bits per heavy atom. The van der Waals surface area contributed by atoms with E-state index in [1.165, 1.54) is 4.31 Å². The van der Waals surface area contributed by atoms with Crippen molar-refractivity contribution in [2.24, 2.45) is 4.99 Å². The molecule has 1 aromatic rings. The van der Waals surface area contributed by atoms with Crippen molar-refractivity contribution in [1.82, 2.24) is 14.9 Å². The Kier molecular flexibility index (Phi) is 7.71. The number of sulfonamides is 1. The van der Waals surface area contributed by atoms with Crippen LogP contribution in [0.3, 0.4) is 0 Å². The van der Waals surface area contributed by atoms with Gasteiger partial charge in [0.1, 0.15) is 5.75 Å². The molecule has 0 spiro atoms. The Morgan fingerprint density at radius 2 is 2.00 bits per heavy atom. The molecule has 7 nitrogen and oxygen atoms in total. The monoisotopic (exact) mass is 382 g/mol. The molecule has 1 aromatic carbocycles. The zero-order valence-electron chi connectivity index (χ0n) is 15.9. The maximum Gasteiger partial charge on any atom is 0.215 e. The van der Waals surface area contributed by atoms with Gasteiger partial charge in [-0.15, -0.1) is 0 Å². The second-order valence-corrected chi connectivity index (χ2v) is 8.12. The highest BCUT2D eigenvalue weighted by molar-refractivity contribution is 7.89. The molecule has 146 valence electrons. The summed E-state index contributed by atoms with van der Waals surface area (Å²) in [6, 6.07) is 8.04. The zero-order valence-corrected chi connectivity index (χ0v) is 16.7. The van der Waals surface area contributed by atoms with Crippen molar-refractivity contribution in [3.8, 4) is 5.75 Å². The highest BCUT2D eigenvalue weighted by atomic mass is 32.2. The van der Waals surface area contributed by atoms with Gasteiger partial charge in [0, 0.05) is 31.6 Å². The van der Waals surface area contributed by atoms with Gasteiger partial charge >= 0.3 is 0 Å². The fourth-order valence-electron chi connectivity index (χ4n) is 3.00. The van der Waals surface area contributed by atoms with E-state index in [0.29, 0.717) is 32.2 Å². The molecule has 0 saturated heterocycles. The summed E-state index contributed by atoms with van der Waals surface area (Å²) in [5, 5.41) is 6.60. The van der Waals surface area contributed by atoms with Crippen LogP contribution >= 0.6 is 0 Å². The van der Waals surface area contributed by atoms with Crippen LogP contribution in [0.4, 0.5) is 0 Å². The molecule has 1 atom stereocenters. The molecular weight excluding hydrogens is 352 g/mol. The van der Waals surface area contributed by atoms with Gasteiger partial charge in [0.05, 0.1) is 24.9 Å². The van der Waals surface area contributed by atoms with Crippen molar-refractivity contribution < 1.29 is 13.2 Å². The van der Waals surface area contributed by atoms with Crippen LogP contribution in [0.25, 0.3) is 0 Å². The number of rotatable bonds is 8. The van der Waals surface area contributed by atoms with Gasteiger partial charge in [0.25, 0.3) is 0 Å². The molecule has 0 bridgehead atoms. The molecule has 1 aliphatic heterocycles. The third-order valence-electron chi connectivity index (χ3n) is 4.33. The van der Waals surface area contributed by atoms with E-state index in [1.807, 2.05) is 45.0 Å². The number of fused-ring (bicyclic) bond motifs is 1. The van der Waals surface area contributed by atoms with Crippen LogP contribution in [-0.4, -0.2) is 57.2 Å². The molecule has 1 unspecified atom stereocenters. The van der Waals surface area contributed by atoms with Gasteiger partial charge < -0.3 is 15.4 Å². The Balaban J connectivity index is 2.04. The maximum absolute atomic E-state index is 12.3. The van der Waals surface area contributed by atoms with Crippen LogP contribution < -0.4 is 15.4 Å². The molecule has 8 heteroatoms. The molecule has 0 aromatic heterocycles. The first-order valence-corrected chi connectivity index (χ1v) is 10.9. The summed E-state index contributed by atoms with van der Waals surface area (Å²) in [6.07, 6.45) is 0.833. The first-order valence-electron chi connectivity index (χ1n) is 9.26. The molecular formula is C18H30N4O3S. The molecule has 2 rings (SSSR count). The number of para-hydroxylation sites is 1. The number of ether oxygens (including phenoxy) is 1. The normalized spacial score (nSPS) is 17.5. The molecule has 1 heterocycles. The number of benzene rings is 1. The quantitative estimate of drug-likeness (QED) is 0.529. The average Bonchev–Trinajstić information content (AvgIpc) is 2.63. The van der Waals surface area contributed by atoms with Gasteiger partial charge in [-0.25, -0.2) is 12.7 Å². The van der Waals surface area contributed by atoms with E-state index < -0.39 is 10.0 Å². The number of nitrogens with zero attached hydrogens (tertiary/aromatic N) is 2. The van der Waals surface area contributed by atoms with Crippen molar-refractivity contribution in [2.75, 3.05) is 38.5 Å². The summed E-state index contributed by atoms with van der Waals surface area (Å²) < 4.78 is 31.7. The van der Waals surface area contributed by atoms with E-state index in [4.69, 9.17) is 4.74 Å². The fraction of sp³-hybridized carbons (Fsp3) is 0.611. The third-order valence-corrected chi connectivity index (χ3v) is 6.33. The van der Waals surface area contributed by atoms with E-state index in [9.17, 15) is 8.42 Å². The summed E-state index contributed by atoms with van der Waals surface area (Å²) in [6.45, 7) is 8.22. The van der Waals surface area contributed by atoms with Crippen molar-refractivity contribution >= 4 is 16.0 Å². The van der Waals surface area contributed by atoms with Gasteiger partial charge in [-0.2, -0.15) is 0 Å². The minimum atomic E-state index is -3.26. The Morgan fingerprint density at radius 1 is 1.27 bits per heavy atom. The zero-order chi connectivity index (χ0) is 19.0. The minimum Gasteiger partial charge on any atom is -0.493 e. The highest BCUT2D eigenvalue weighted by Gasteiger charge is 2.22. The van der Waals surface area contributed by atoms with E-state index in [0.717, 1.165) is 17.7 Å². The number of nitrogens with one attached hydrogen (secondary N) is 2. The van der Waals surface area contributed by atoms with E-state index in [-0.39, 0.29) is 18.3 Å². The lowest BCUT2D eigenvalue weighted by molar-refractivity contribution is 0.261. The summed E-state index contributed by atoms with van der Waals surface area (Å²) in [7, 11) is -3.26. The molecule has 0 radical (unpaired) electrons. The van der Waals surface area contributed by atoms with Gasteiger partial charge in [0.2, 0.25) is 10.0 Å². The standard InChI is InChI=1S/C18H30N4O3S/c1-4-19-18(20-12-14-26(23,24)22(5-2)6-3)21-16-11-13-25-17-10-8-7-9-15(16)17/h7-10,16H,4-6,11-14H2,1-3H3,(H2,19,20,21). The van der Waals surface area contributed by atoms with Crippen LogP contribution in [0.1, 0.15) is 38.8 Å². The molecule has 2 N–H and O–H groups in total. The smallest absolute Gasteiger partial charge is 0.215 e. The average molecular weight is 383 g/mol. The number of hydrogen-bond donors (Lipinski definition) is 2. The van der Waals surface area contributed by atoms with Gasteiger partial charge in [0.15, 0.2) is 5.96 Å². The molecule has 1 aliphatic rings. The fourth-order valence-corrected chi connectivity index (χ4v) is 4.36. The van der Waals surface area contributed by atoms with Crippen LogP contribution in [0.5, 0.6) is 5.75 Å². The first-order chi connectivity index (χ1) is 12.5. The second-order valence-electron chi connectivity index (χ2n) is 6.03. The Hall–Kier alpha value is -1.80. The van der Waals surface area contributed by atoms with Crippen molar-refractivity contribution in [1.29, 1.82) is 0 Å². The summed E-state index contributed by atoms with van der Waals surface area (Å²) in [5.41, 5.74) is 1.10. The summed E-state index contributed by atoms with van der Waals surface area (Å²) in [4.78, 5) is 4.46. The number of guanidine groups is 1. The Bertz CT molecular complexity index is 702. The van der Waals surface area contributed by atoms with E-state index in [2.05, 4.69) is 15.6 Å². The molecule has 0 amide bonds. The molecule has 0 saturated carbocycles. The van der Waals surface area contributed by atoms with Gasteiger partial charge in [-0.05, 0) is 13.0 Å². The summed E-state index contributed by atoms with van der Waals surface area (Å²) >= 11 is 0. The lowest BCUT2D eigenvalue weighted by Crippen LogP contribution is -2.41. The Labute approximate surface area is 156 Å². The molecule has 26 heavy (non-hydrogen) atoms. The lowest BCUT2D eigenvalue weighted by Gasteiger charge is -2.28. The minimum absolute atomic E-state index is 0.00954. The van der Waals surface area contributed by atoms with E-state index in [1.54, 1.807) is 0 Å². The van der Waals surface area contributed by atoms with Gasteiger partial charge in [-0.1, -0.05) is 32.0 Å². The SMILES string of the molecule is CCNC(=NCCS(=O)(=O)N(CC)CC)NC1CCOc2ccccc21. The van der Waals surface area contributed by atoms with Gasteiger partial charge in [-0.3, -0.25) is 4.99 Å². The number of aliphatic imine (C=N–C) groups is 1. The van der Waals surface area contributed by atoms with Crippen LogP contribution in [0, 0.1) is 0 Å². The lowest BCUT2D eigenvalue weighted by atomic mass is 10.0. The van der Waals surface area contributed by atoms with Crippen molar-refractivity contribution in [2.45, 2.75) is 33.2 Å². The second kappa shape index (κ2) is 9.78. The van der Waals surface area contributed by atoms with Crippen LogP contribution in [0.2, 0.25) is 0 Å². The van der Waals surface area contributed by atoms with Crippen LogP contribution in [0.15, 0.2) is 29.3 Å². The third kappa shape index (κ3) is 5.35. The van der Waals surface area contributed by atoms with E-state index >= 15 is 0 Å². The van der Waals surface area contributed by atoms with Crippen molar-refractivity contribution in [3.63, 3.8) is 0 Å². The summed E-state index contributed by atoms with van der Waals surface area (Å²) in [5.74, 6) is 1.52. The topological polar surface area (TPSA) is 83.0 Å².